The van der Waals surface area contributed by atoms with Gasteiger partial charge in [-0.3, -0.25) is 38.7 Å². The topological polar surface area (TPSA) is 260 Å². The van der Waals surface area contributed by atoms with Crippen molar-refractivity contribution < 1.29 is 51.4 Å². The number of hydrogen-bond acceptors (Lipinski definition) is 13. The van der Waals surface area contributed by atoms with Crippen molar-refractivity contribution in [2.75, 3.05) is 48.0 Å². The molecule has 2 atom stereocenters. The number of pyridine rings is 1. The number of rotatable bonds is 21. The summed E-state index contributed by atoms with van der Waals surface area (Å²) in [5.74, 6) is -2.54. The van der Waals surface area contributed by atoms with E-state index in [1.165, 1.54) is 17.9 Å². The highest BCUT2D eigenvalue weighted by molar-refractivity contribution is 6.10. The van der Waals surface area contributed by atoms with Gasteiger partial charge in [0.15, 0.2) is 0 Å². The molecule has 3 aliphatic heterocycles. The monoisotopic (exact) mass is 1030 g/mol. The second-order valence-electron chi connectivity index (χ2n) is 19.4. The van der Waals surface area contributed by atoms with Crippen LogP contribution in [-0.4, -0.2) is 105 Å². The zero-order chi connectivity index (χ0) is 53.3. The van der Waals surface area contributed by atoms with Gasteiger partial charge in [0.2, 0.25) is 23.6 Å². The number of nitriles is 1. The Hall–Kier alpha value is -7.45. The second-order valence-corrected chi connectivity index (χ2v) is 19.4. The van der Waals surface area contributed by atoms with Crippen LogP contribution in [-0.2, 0) is 73.4 Å². The molecule has 0 radical (unpaired) electrons. The Bertz CT molecular complexity index is 2770. The van der Waals surface area contributed by atoms with E-state index in [9.17, 15) is 47.2 Å². The van der Waals surface area contributed by atoms with E-state index in [0.29, 0.717) is 34.6 Å². The molecule has 2 aromatic carbocycles. The fraction of sp³-hybridized carbons (Fsp3) is 0.490. The van der Waals surface area contributed by atoms with E-state index in [1.807, 2.05) is 6.07 Å². The average molecular weight is 1030 g/mol. The van der Waals surface area contributed by atoms with E-state index in [4.69, 9.17) is 20.2 Å². The van der Waals surface area contributed by atoms with Gasteiger partial charge in [0.05, 0.1) is 37.8 Å². The average Bonchev–Trinajstić information content (AvgIpc) is 3.91. The summed E-state index contributed by atoms with van der Waals surface area (Å²) in [5.41, 5.74) is 4.99. The van der Waals surface area contributed by atoms with Gasteiger partial charge in [-0.25, -0.2) is 9.78 Å². The summed E-state index contributed by atoms with van der Waals surface area (Å²) in [6, 6.07) is 12.3. The van der Waals surface area contributed by atoms with Gasteiger partial charge in [0.25, 0.3) is 5.91 Å². The van der Waals surface area contributed by atoms with E-state index < -0.39 is 71.4 Å². The molecular weight excluding hydrogens is 966 g/mol. The van der Waals surface area contributed by atoms with Crippen molar-refractivity contribution in [3.05, 3.63) is 94.1 Å². The number of halogens is 3. The first kappa shape index (κ1) is 54.3. The minimum atomic E-state index is -4.76. The summed E-state index contributed by atoms with van der Waals surface area (Å²) in [7, 11) is 1.78. The molecule has 74 heavy (non-hydrogen) atoms. The third kappa shape index (κ3) is 13.2. The predicted molar refractivity (Wildman–Crippen MR) is 263 cm³/mol. The first-order valence-corrected chi connectivity index (χ1v) is 24.5. The number of aromatic nitrogens is 4. The first-order valence-electron chi connectivity index (χ1n) is 24.5. The molecule has 2 unspecified atom stereocenters. The lowest BCUT2D eigenvalue weighted by molar-refractivity contribution is -0.138. The molecule has 2 aromatic heterocycles. The quantitative estimate of drug-likeness (QED) is 0.0840. The Morgan fingerprint density at radius 1 is 0.973 bits per heavy atom. The molecule has 0 spiro atoms. The third-order valence-electron chi connectivity index (χ3n) is 13.4. The van der Waals surface area contributed by atoms with Gasteiger partial charge < -0.3 is 35.7 Å². The number of hydrogen-bond donors (Lipinski definition) is 4. The van der Waals surface area contributed by atoms with Crippen LogP contribution in [0.1, 0.15) is 110 Å². The highest BCUT2D eigenvalue weighted by atomic mass is 19.4. The number of amides is 6. The standard InChI is InChI=1S/C51H61F3N12O8/c1-31(2)45(61-44(68)11-8-10-40(56)67)47(70)58-32(3)46(69)59-36-14-12-33(13-15-36)27-74-49(72)65(19-9-16-55)41-22-35(50(28-73-29-50)24-43-62-57-30-63(43)4)23-42(60-41)66-26-38-37(48(66)71)20-34(21-39(38)51(52,53)54)25-64-17-6-5-7-18-64/h12-15,20-23,30-32,45H,5-11,17-19,24-29H2,1-4H3,(H2,56,67)(H,58,70)(H,59,69)(H,61,68). The Labute approximate surface area is 426 Å². The van der Waals surface area contributed by atoms with Crippen molar-refractivity contribution in [1.29, 1.82) is 5.26 Å². The Morgan fingerprint density at radius 2 is 1.70 bits per heavy atom. The van der Waals surface area contributed by atoms with E-state index in [-0.39, 0.29) is 87.3 Å². The third-order valence-corrected chi connectivity index (χ3v) is 13.4. The van der Waals surface area contributed by atoms with Crippen molar-refractivity contribution in [1.82, 2.24) is 35.3 Å². The van der Waals surface area contributed by atoms with Crippen LogP contribution in [0, 0.1) is 17.2 Å². The zero-order valence-electron chi connectivity index (χ0n) is 41.8. The highest BCUT2D eigenvalue weighted by Gasteiger charge is 2.45. The van der Waals surface area contributed by atoms with Crippen LogP contribution in [0.2, 0.25) is 0 Å². The van der Waals surface area contributed by atoms with Crippen LogP contribution >= 0.6 is 0 Å². The number of primary amides is 1. The molecule has 3 aliphatic rings. The minimum Gasteiger partial charge on any atom is -0.444 e. The van der Waals surface area contributed by atoms with Crippen LogP contribution in [0.3, 0.4) is 0 Å². The number of nitrogens with one attached hydrogen (secondary N) is 3. The number of likely N-dealkylation sites (tertiary alicyclic amines) is 1. The van der Waals surface area contributed by atoms with Gasteiger partial charge >= 0.3 is 12.3 Å². The lowest BCUT2D eigenvalue weighted by Crippen LogP contribution is -2.53. The normalized spacial score (nSPS) is 16.1. The molecule has 23 heteroatoms. The van der Waals surface area contributed by atoms with Crippen LogP contribution in [0.25, 0.3) is 0 Å². The van der Waals surface area contributed by atoms with E-state index in [0.717, 1.165) is 43.3 Å². The number of ether oxygens (including phenoxy) is 2. The SMILES string of the molecule is CC(NC(=O)C(NC(=O)CCCC(N)=O)C(C)C)C(=O)Nc1ccc(COC(=O)N(CCC#N)c2cc(C3(Cc4nncn4C)COC3)cc(N3Cc4c(cc(CN5CCCCC5)cc4C(F)(F)F)C3=O)n2)cc1. The van der Waals surface area contributed by atoms with Crippen LogP contribution in [0.4, 0.5) is 35.3 Å². The Kier molecular flexibility index (Phi) is 17.3. The molecule has 5 N–H and O–H groups in total. The van der Waals surface area contributed by atoms with Gasteiger partial charge in [-0.15, -0.1) is 10.2 Å². The molecule has 0 aliphatic carbocycles. The molecule has 6 amide bonds. The number of nitrogens with zero attached hydrogens (tertiary/aromatic N) is 8. The number of carbonyl (C=O) groups excluding carboxylic acids is 6. The number of aryl methyl sites for hydroxylation is 1. The van der Waals surface area contributed by atoms with Crippen molar-refractivity contribution in [2.24, 2.45) is 18.7 Å². The van der Waals surface area contributed by atoms with Crippen LogP contribution in [0.15, 0.2) is 54.9 Å². The molecule has 5 heterocycles. The Morgan fingerprint density at radius 3 is 2.32 bits per heavy atom. The lowest BCUT2D eigenvalue weighted by Gasteiger charge is -2.42. The van der Waals surface area contributed by atoms with Gasteiger partial charge in [-0.1, -0.05) is 32.4 Å². The van der Waals surface area contributed by atoms with Crippen molar-refractivity contribution in [3.63, 3.8) is 0 Å². The number of anilines is 3. The van der Waals surface area contributed by atoms with Crippen molar-refractivity contribution in [2.45, 2.75) is 116 Å². The first-order chi connectivity index (χ1) is 35.2. The smallest absolute Gasteiger partial charge is 0.416 e. The second kappa shape index (κ2) is 23.6. The zero-order valence-corrected chi connectivity index (χ0v) is 41.8. The maximum Gasteiger partial charge on any atom is 0.416 e. The number of alkyl halides is 3. The van der Waals surface area contributed by atoms with Gasteiger partial charge in [0.1, 0.15) is 42.5 Å². The summed E-state index contributed by atoms with van der Waals surface area (Å²) >= 11 is 0. The largest absolute Gasteiger partial charge is 0.444 e. The van der Waals surface area contributed by atoms with Gasteiger partial charge in [-0.2, -0.15) is 18.4 Å². The lowest BCUT2D eigenvalue weighted by atomic mass is 9.75. The maximum absolute atomic E-state index is 14.8. The molecule has 20 nitrogen and oxygen atoms in total. The highest BCUT2D eigenvalue weighted by Crippen LogP contribution is 2.43. The van der Waals surface area contributed by atoms with Crippen molar-refractivity contribution in [3.8, 4) is 6.07 Å². The Balaban J connectivity index is 1.09. The van der Waals surface area contributed by atoms with Crippen LogP contribution < -0.4 is 31.5 Å². The summed E-state index contributed by atoms with van der Waals surface area (Å²) in [6.07, 6.45) is -0.808. The predicted octanol–water partition coefficient (Wildman–Crippen LogP) is 5.18. The van der Waals surface area contributed by atoms with Gasteiger partial charge in [0, 0.05) is 56.1 Å². The molecule has 2 saturated heterocycles. The number of benzene rings is 2. The summed E-state index contributed by atoms with van der Waals surface area (Å²) < 4.78 is 57.8. The summed E-state index contributed by atoms with van der Waals surface area (Å²) in [4.78, 5) is 87.5. The van der Waals surface area contributed by atoms with Gasteiger partial charge in [-0.05, 0) is 104 Å². The molecule has 394 valence electrons. The number of fused-ring (bicyclic) bond motifs is 1. The van der Waals surface area contributed by atoms with E-state index in [1.54, 1.807) is 68.2 Å². The molecule has 2 fully saturated rings. The minimum absolute atomic E-state index is 0.00324. The summed E-state index contributed by atoms with van der Waals surface area (Å²) in [5, 5.41) is 26.0. The fourth-order valence-electron chi connectivity index (χ4n) is 9.14. The number of nitrogens with two attached hydrogens (primary N) is 1. The fourth-order valence-corrected chi connectivity index (χ4v) is 9.14. The molecule has 0 bridgehead atoms. The molecule has 4 aromatic rings. The van der Waals surface area contributed by atoms with Crippen LogP contribution in [0.5, 0.6) is 0 Å². The molecular formula is C51H61F3N12O8. The van der Waals surface area contributed by atoms with E-state index in [2.05, 4.69) is 31.0 Å². The maximum atomic E-state index is 14.8. The van der Waals surface area contributed by atoms with E-state index >= 15 is 0 Å². The van der Waals surface area contributed by atoms with Crippen molar-refractivity contribution >= 4 is 53.0 Å². The number of carbonyl (C=O) groups is 6. The molecule has 7 rings (SSSR count). The summed E-state index contributed by atoms with van der Waals surface area (Å²) in [6.45, 7) is 6.17. The molecule has 0 saturated carbocycles. The number of piperidine rings is 1.